The predicted molar refractivity (Wildman–Crippen MR) is 124 cm³/mol. The Morgan fingerprint density at radius 1 is 1.21 bits per heavy atom. The molecule has 1 unspecified atom stereocenters. The van der Waals surface area contributed by atoms with Crippen LogP contribution in [0.1, 0.15) is 56.1 Å². The Morgan fingerprint density at radius 2 is 1.88 bits per heavy atom. The summed E-state index contributed by atoms with van der Waals surface area (Å²) in [6.07, 6.45) is 3.18. The molecule has 2 aromatic heterocycles. The van der Waals surface area contributed by atoms with Crippen LogP contribution < -0.4 is 4.72 Å². The molecule has 1 saturated carbocycles. The molecule has 2 heterocycles. The van der Waals surface area contributed by atoms with Crippen LogP contribution in [0, 0.1) is 5.92 Å². The van der Waals surface area contributed by atoms with Gasteiger partial charge in [0.25, 0.3) is 0 Å². The van der Waals surface area contributed by atoms with E-state index in [2.05, 4.69) is 24.9 Å². The number of ether oxygens (including phenoxy) is 3. The predicted octanol–water partition coefficient (Wildman–Crippen LogP) is 1.91. The third-order valence-corrected chi connectivity index (χ3v) is 7.90. The van der Waals surface area contributed by atoms with Crippen molar-refractivity contribution in [3.63, 3.8) is 0 Å². The Balaban J connectivity index is 1.90. The number of nitrogens with one attached hydrogen (secondary N) is 1. The van der Waals surface area contributed by atoms with Crippen molar-refractivity contribution in [3.8, 4) is 0 Å². The molecule has 12 nitrogen and oxygen atoms in total. The average Bonchev–Trinajstić information content (AvgIpc) is 3.17. The minimum Gasteiger partial charge on any atom is -0.396 e. The molecular formula is C20H31ClN6O6S. The van der Waals surface area contributed by atoms with Gasteiger partial charge in [-0.15, -0.1) is 10.2 Å². The summed E-state index contributed by atoms with van der Waals surface area (Å²) in [5, 5.41) is 17.1. The van der Waals surface area contributed by atoms with Gasteiger partial charge in [0.1, 0.15) is 23.4 Å². The maximum Gasteiger partial charge on any atom is 0.240 e. The fourth-order valence-corrected chi connectivity index (χ4v) is 5.20. The SMILES string of the molecule is COCCC(OC)n1c(NS(=O)(=O)[C@@H](C)[C@H](OC)c2ncc(Cl)cn2)nnc1C1CC(CO)C1. The third kappa shape index (κ3) is 5.83. The van der Waals surface area contributed by atoms with Crippen LogP contribution in [0.2, 0.25) is 5.02 Å². The Bertz CT molecular complexity index is 1030. The largest absolute Gasteiger partial charge is 0.396 e. The number of aliphatic hydroxyl groups is 1. The summed E-state index contributed by atoms with van der Waals surface area (Å²) in [4.78, 5) is 8.19. The highest BCUT2D eigenvalue weighted by molar-refractivity contribution is 7.93. The van der Waals surface area contributed by atoms with E-state index in [1.54, 1.807) is 11.7 Å². The molecule has 1 aliphatic rings. The molecule has 0 aromatic carbocycles. The molecule has 3 rings (SSSR count). The standard InChI is InChI=1S/C20H31ClN6O6S/c1-12(17(33-4)18-22-9-15(21)10-23-18)34(29,30)26-20-25-24-19(14-7-13(8-14)11-28)27(20)16(32-3)5-6-31-2/h9-10,12-14,16-17,28H,5-8,11H2,1-4H3,(H,25,26)/t12-,13?,14?,16?,17-/m0/s1. The van der Waals surface area contributed by atoms with Gasteiger partial charge in [-0.2, -0.15) is 0 Å². The van der Waals surface area contributed by atoms with Gasteiger partial charge < -0.3 is 19.3 Å². The molecule has 0 bridgehead atoms. The number of aliphatic hydroxyl groups excluding tert-OH is 1. The van der Waals surface area contributed by atoms with Crippen LogP contribution in [-0.4, -0.2) is 78.0 Å². The van der Waals surface area contributed by atoms with E-state index in [-0.39, 0.29) is 30.2 Å². The van der Waals surface area contributed by atoms with E-state index in [0.717, 1.165) is 12.8 Å². The molecule has 34 heavy (non-hydrogen) atoms. The number of aromatic nitrogens is 5. The maximum absolute atomic E-state index is 13.3. The highest BCUT2D eigenvalue weighted by Gasteiger charge is 2.38. The van der Waals surface area contributed by atoms with E-state index in [1.165, 1.54) is 33.5 Å². The number of methoxy groups -OCH3 is 3. The summed E-state index contributed by atoms with van der Waals surface area (Å²) in [5.74, 6) is 1.05. The van der Waals surface area contributed by atoms with Crippen molar-refractivity contribution in [2.24, 2.45) is 5.92 Å². The Morgan fingerprint density at radius 3 is 2.44 bits per heavy atom. The number of sulfonamides is 1. The van der Waals surface area contributed by atoms with E-state index in [0.29, 0.717) is 23.9 Å². The normalized spacial score (nSPS) is 21.0. The second-order valence-electron chi connectivity index (χ2n) is 8.21. The first-order valence-corrected chi connectivity index (χ1v) is 12.8. The van der Waals surface area contributed by atoms with E-state index in [4.69, 9.17) is 25.8 Å². The average molecular weight is 519 g/mol. The van der Waals surface area contributed by atoms with Gasteiger partial charge in [-0.25, -0.2) is 18.4 Å². The second kappa shape index (κ2) is 11.7. The Kier molecular flexibility index (Phi) is 9.18. The molecule has 3 atom stereocenters. The zero-order valence-corrected chi connectivity index (χ0v) is 21.2. The quantitative estimate of drug-likeness (QED) is 0.402. The van der Waals surface area contributed by atoms with Gasteiger partial charge in [0.05, 0.1) is 11.6 Å². The van der Waals surface area contributed by atoms with Gasteiger partial charge in [0.15, 0.2) is 5.82 Å². The number of anilines is 1. The first-order chi connectivity index (χ1) is 16.2. The first kappa shape index (κ1) is 26.7. The molecule has 0 radical (unpaired) electrons. The molecule has 0 aliphatic heterocycles. The lowest BCUT2D eigenvalue weighted by molar-refractivity contribution is 0.0128. The molecule has 2 aromatic rings. The van der Waals surface area contributed by atoms with Gasteiger partial charge >= 0.3 is 0 Å². The summed E-state index contributed by atoms with van der Waals surface area (Å²) < 4.78 is 47.1. The van der Waals surface area contributed by atoms with Crippen LogP contribution in [0.15, 0.2) is 12.4 Å². The van der Waals surface area contributed by atoms with Crippen molar-refractivity contribution in [2.75, 3.05) is 39.3 Å². The van der Waals surface area contributed by atoms with Crippen LogP contribution in [0.4, 0.5) is 5.95 Å². The fraction of sp³-hybridized carbons (Fsp3) is 0.700. The summed E-state index contributed by atoms with van der Waals surface area (Å²) in [6.45, 7) is 1.99. The zero-order chi connectivity index (χ0) is 24.9. The van der Waals surface area contributed by atoms with E-state index in [9.17, 15) is 13.5 Å². The van der Waals surface area contributed by atoms with Crippen LogP contribution in [0.25, 0.3) is 0 Å². The van der Waals surface area contributed by atoms with Crippen molar-refractivity contribution in [2.45, 2.75) is 49.7 Å². The summed E-state index contributed by atoms with van der Waals surface area (Å²) >= 11 is 5.85. The van der Waals surface area contributed by atoms with Crippen molar-refractivity contribution in [1.82, 2.24) is 24.7 Å². The minimum atomic E-state index is -4.02. The van der Waals surface area contributed by atoms with E-state index >= 15 is 0 Å². The lowest BCUT2D eigenvalue weighted by Crippen LogP contribution is -2.34. The number of nitrogens with zero attached hydrogens (tertiary/aromatic N) is 5. The molecule has 0 amide bonds. The molecule has 0 spiro atoms. The molecule has 14 heteroatoms. The lowest BCUT2D eigenvalue weighted by Gasteiger charge is -2.34. The van der Waals surface area contributed by atoms with Crippen molar-refractivity contribution >= 4 is 27.6 Å². The Hall–Kier alpha value is -1.90. The van der Waals surface area contributed by atoms with E-state index < -0.39 is 27.6 Å². The number of hydrogen-bond acceptors (Lipinski definition) is 10. The van der Waals surface area contributed by atoms with Crippen LogP contribution in [0.3, 0.4) is 0 Å². The van der Waals surface area contributed by atoms with Crippen LogP contribution in [0.5, 0.6) is 0 Å². The van der Waals surface area contributed by atoms with Gasteiger partial charge in [-0.3, -0.25) is 9.29 Å². The van der Waals surface area contributed by atoms with Crippen molar-refractivity contribution in [3.05, 3.63) is 29.1 Å². The molecular weight excluding hydrogens is 488 g/mol. The van der Waals surface area contributed by atoms with Crippen molar-refractivity contribution in [1.29, 1.82) is 0 Å². The van der Waals surface area contributed by atoms with Gasteiger partial charge in [0.2, 0.25) is 16.0 Å². The van der Waals surface area contributed by atoms with Crippen molar-refractivity contribution < 1.29 is 27.7 Å². The number of halogens is 1. The highest BCUT2D eigenvalue weighted by Crippen LogP contribution is 2.42. The van der Waals surface area contributed by atoms with Crippen LogP contribution in [-0.2, 0) is 24.2 Å². The van der Waals surface area contributed by atoms with Crippen LogP contribution >= 0.6 is 11.6 Å². The molecule has 2 N–H and O–H groups in total. The summed E-state index contributed by atoms with van der Waals surface area (Å²) in [5.41, 5.74) is 0. The third-order valence-electron chi connectivity index (χ3n) is 6.01. The lowest BCUT2D eigenvalue weighted by atomic mass is 9.75. The summed E-state index contributed by atoms with van der Waals surface area (Å²) in [6, 6.07) is 0. The topological polar surface area (TPSA) is 151 Å². The number of hydrogen-bond donors (Lipinski definition) is 2. The fourth-order valence-electron chi connectivity index (χ4n) is 3.96. The first-order valence-electron chi connectivity index (χ1n) is 10.8. The molecule has 0 saturated heterocycles. The highest BCUT2D eigenvalue weighted by atomic mass is 35.5. The Labute approximate surface area is 204 Å². The smallest absolute Gasteiger partial charge is 0.240 e. The van der Waals surface area contributed by atoms with E-state index in [1.807, 2.05) is 0 Å². The monoisotopic (exact) mass is 518 g/mol. The summed E-state index contributed by atoms with van der Waals surface area (Å²) in [7, 11) is 0.467. The second-order valence-corrected chi connectivity index (χ2v) is 10.7. The molecule has 190 valence electrons. The zero-order valence-electron chi connectivity index (χ0n) is 19.6. The maximum atomic E-state index is 13.3. The van der Waals surface area contributed by atoms with Gasteiger partial charge in [0, 0.05) is 52.7 Å². The molecule has 1 aliphatic carbocycles. The van der Waals surface area contributed by atoms with Gasteiger partial charge in [-0.05, 0) is 25.7 Å². The van der Waals surface area contributed by atoms with Gasteiger partial charge in [-0.1, -0.05) is 11.6 Å². The minimum absolute atomic E-state index is 0.0316. The molecule has 1 fully saturated rings. The number of rotatable bonds is 13.